The van der Waals surface area contributed by atoms with Crippen LogP contribution in [0.4, 0.5) is 0 Å². The smallest absolute Gasteiger partial charge is 0.185 e. The van der Waals surface area contributed by atoms with Crippen LogP contribution in [0, 0.1) is 0 Å². The lowest BCUT2D eigenvalue weighted by molar-refractivity contribution is 0.0988. The summed E-state index contributed by atoms with van der Waals surface area (Å²) in [6.45, 7) is 0. The van der Waals surface area contributed by atoms with E-state index in [1.807, 2.05) is 30.3 Å². The molecular weight excluding hydrogens is 346 g/mol. The number of pyridine rings is 1. The van der Waals surface area contributed by atoms with E-state index in [1.54, 1.807) is 12.3 Å². The van der Waals surface area contributed by atoms with Crippen molar-refractivity contribution in [1.29, 1.82) is 0 Å². The van der Waals surface area contributed by atoms with Gasteiger partial charge >= 0.3 is 0 Å². The summed E-state index contributed by atoms with van der Waals surface area (Å²) in [6.07, 6.45) is 2.01. The van der Waals surface area contributed by atoms with Gasteiger partial charge in [0.05, 0.1) is 0 Å². The van der Waals surface area contributed by atoms with Crippen LogP contribution in [0.1, 0.15) is 16.1 Å². The van der Waals surface area contributed by atoms with E-state index in [1.165, 1.54) is 0 Å². The van der Waals surface area contributed by atoms with E-state index in [-0.39, 0.29) is 5.78 Å². The molecule has 0 saturated carbocycles. The highest BCUT2D eigenvalue weighted by molar-refractivity contribution is 9.10. The third-order valence-electron chi connectivity index (χ3n) is 2.29. The summed E-state index contributed by atoms with van der Waals surface area (Å²) in [7, 11) is 0. The van der Waals surface area contributed by atoms with Crippen molar-refractivity contribution in [2.24, 2.45) is 0 Å². The van der Waals surface area contributed by atoms with Crippen molar-refractivity contribution in [3.8, 4) is 0 Å². The Kier molecular flexibility index (Phi) is 4.07. The Morgan fingerprint density at radius 3 is 2.24 bits per heavy atom. The summed E-state index contributed by atoms with van der Waals surface area (Å²) in [5.74, 6) is 0.0276. The maximum atomic E-state index is 11.9. The normalized spacial score (nSPS) is 10.2. The highest BCUT2D eigenvalue weighted by Crippen LogP contribution is 2.13. The van der Waals surface area contributed by atoms with Gasteiger partial charge in [0.25, 0.3) is 0 Å². The summed E-state index contributed by atoms with van der Waals surface area (Å²) in [6, 6.07) is 11.3. The van der Waals surface area contributed by atoms with Crippen LogP contribution in [0.25, 0.3) is 0 Å². The first-order chi connectivity index (χ1) is 8.15. The molecule has 0 bridgehead atoms. The average molecular weight is 355 g/mol. The number of benzene rings is 1. The fraction of sp³-hybridized carbons (Fsp3) is 0.0769. The minimum atomic E-state index is 0.0276. The van der Waals surface area contributed by atoms with Crippen LogP contribution in [0.15, 0.2) is 51.5 Å². The Morgan fingerprint density at radius 1 is 1.00 bits per heavy atom. The molecule has 0 aliphatic carbocycles. The van der Waals surface area contributed by atoms with Crippen LogP contribution in [-0.4, -0.2) is 10.8 Å². The summed E-state index contributed by atoms with van der Waals surface area (Å²) < 4.78 is 1.88. The molecule has 1 heterocycles. The van der Waals surface area contributed by atoms with Gasteiger partial charge in [0, 0.05) is 21.6 Å². The zero-order valence-corrected chi connectivity index (χ0v) is 12.0. The lowest BCUT2D eigenvalue weighted by atomic mass is 10.1. The van der Waals surface area contributed by atoms with E-state index in [4.69, 9.17) is 0 Å². The van der Waals surface area contributed by atoms with Crippen molar-refractivity contribution < 1.29 is 4.79 Å². The van der Waals surface area contributed by atoms with Crippen molar-refractivity contribution in [2.75, 3.05) is 0 Å². The number of aromatic nitrogens is 1. The van der Waals surface area contributed by atoms with Gasteiger partial charge in [-0.25, -0.2) is 0 Å². The van der Waals surface area contributed by atoms with E-state index >= 15 is 0 Å². The molecule has 1 aromatic heterocycles. The fourth-order valence-electron chi connectivity index (χ4n) is 1.42. The largest absolute Gasteiger partial charge is 0.292 e. The number of ketones is 1. The average Bonchev–Trinajstić information content (AvgIpc) is 2.33. The summed E-state index contributed by atoms with van der Waals surface area (Å²) in [4.78, 5) is 16.0. The number of hydrogen-bond acceptors (Lipinski definition) is 2. The highest BCUT2D eigenvalue weighted by Gasteiger charge is 2.08. The van der Waals surface area contributed by atoms with Gasteiger partial charge in [-0.05, 0) is 45.8 Å². The quantitative estimate of drug-likeness (QED) is 0.779. The van der Waals surface area contributed by atoms with Gasteiger partial charge in [-0.3, -0.25) is 9.78 Å². The van der Waals surface area contributed by atoms with E-state index in [2.05, 4.69) is 36.8 Å². The summed E-state index contributed by atoms with van der Waals surface area (Å²) in [5, 5.41) is 0. The van der Waals surface area contributed by atoms with Crippen LogP contribution < -0.4 is 0 Å². The number of carbonyl (C=O) groups excluding carboxylic acids is 1. The van der Waals surface area contributed by atoms with Gasteiger partial charge in [-0.1, -0.05) is 28.1 Å². The second-order valence-electron chi connectivity index (χ2n) is 3.59. The topological polar surface area (TPSA) is 30.0 Å². The molecule has 0 unspecified atom stereocenters. The molecular formula is C13H9Br2NO. The summed E-state index contributed by atoms with van der Waals surface area (Å²) in [5.41, 5.74) is 1.49. The van der Waals surface area contributed by atoms with Crippen LogP contribution in [0.3, 0.4) is 0 Å². The number of rotatable bonds is 3. The molecule has 0 N–H and O–H groups in total. The lowest BCUT2D eigenvalue weighted by Crippen LogP contribution is -2.05. The molecule has 0 spiro atoms. The monoisotopic (exact) mass is 353 g/mol. The van der Waals surface area contributed by atoms with Crippen LogP contribution >= 0.6 is 31.9 Å². The number of Topliss-reactive ketones (excluding diaryl/α,β-unsaturated/α-hetero) is 1. The lowest BCUT2D eigenvalue weighted by Gasteiger charge is -2.01. The molecule has 0 radical (unpaired) electrons. The number of carbonyl (C=O) groups is 1. The van der Waals surface area contributed by atoms with Gasteiger partial charge in [-0.2, -0.15) is 0 Å². The van der Waals surface area contributed by atoms with Gasteiger partial charge in [-0.15, -0.1) is 0 Å². The fourth-order valence-corrected chi connectivity index (χ4v) is 1.92. The molecule has 0 fully saturated rings. The van der Waals surface area contributed by atoms with Crippen molar-refractivity contribution >= 4 is 37.6 Å². The van der Waals surface area contributed by atoms with Gasteiger partial charge in [0.1, 0.15) is 5.69 Å². The van der Waals surface area contributed by atoms with E-state index < -0.39 is 0 Å². The maximum Gasteiger partial charge on any atom is 0.185 e. The second-order valence-corrected chi connectivity index (χ2v) is 5.42. The van der Waals surface area contributed by atoms with Crippen LogP contribution in [-0.2, 0) is 6.42 Å². The molecule has 86 valence electrons. The van der Waals surface area contributed by atoms with Crippen molar-refractivity contribution in [3.63, 3.8) is 0 Å². The maximum absolute atomic E-state index is 11.9. The van der Waals surface area contributed by atoms with E-state index in [9.17, 15) is 4.79 Å². The molecule has 0 saturated heterocycles. The van der Waals surface area contributed by atoms with Crippen molar-refractivity contribution in [2.45, 2.75) is 6.42 Å². The number of halogens is 2. The van der Waals surface area contributed by atoms with E-state index in [0.29, 0.717) is 12.1 Å². The molecule has 0 aliphatic heterocycles. The van der Waals surface area contributed by atoms with Gasteiger partial charge < -0.3 is 0 Å². The first-order valence-corrected chi connectivity index (χ1v) is 6.63. The zero-order chi connectivity index (χ0) is 12.3. The predicted molar refractivity (Wildman–Crippen MR) is 74.1 cm³/mol. The Balaban J connectivity index is 2.11. The Morgan fingerprint density at radius 2 is 1.65 bits per heavy atom. The highest BCUT2D eigenvalue weighted by atomic mass is 79.9. The third-order valence-corrected chi connectivity index (χ3v) is 3.29. The molecule has 0 aliphatic rings. The number of hydrogen-bond donors (Lipinski definition) is 0. The number of nitrogens with zero attached hydrogens (tertiary/aromatic N) is 1. The first kappa shape index (κ1) is 12.5. The molecule has 0 amide bonds. The van der Waals surface area contributed by atoms with Crippen LogP contribution in [0.5, 0.6) is 0 Å². The molecule has 17 heavy (non-hydrogen) atoms. The van der Waals surface area contributed by atoms with Crippen molar-refractivity contribution in [1.82, 2.24) is 4.98 Å². The Hall–Kier alpha value is -1.00. The third kappa shape index (κ3) is 3.48. The van der Waals surface area contributed by atoms with Gasteiger partial charge in [0.2, 0.25) is 0 Å². The van der Waals surface area contributed by atoms with Crippen LogP contribution in [0.2, 0.25) is 0 Å². The molecule has 2 rings (SSSR count). The molecule has 2 nitrogen and oxygen atoms in total. The Labute approximate surface area is 116 Å². The minimum absolute atomic E-state index is 0.0276. The molecule has 0 atom stereocenters. The first-order valence-electron chi connectivity index (χ1n) is 5.04. The standard InChI is InChI=1S/C13H9Br2NO/c14-10-3-1-9(2-4-10)7-13(17)12-6-5-11(15)8-16-12/h1-6,8H,7H2. The summed E-state index contributed by atoms with van der Waals surface area (Å²) >= 11 is 6.65. The molecule has 1 aromatic carbocycles. The molecule has 2 aromatic rings. The van der Waals surface area contributed by atoms with E-state index in [0.717, 1.165) is 14.5 Å². The molecule has 4 heteroatoms. The van der Waals surface area contributed by atoms with Crippen molar-refractivity contribution in [3.05, 3.63) is 62.8 Å². The zero-order valence-electron chi connectivity index (χ0n) is 8.86. The second kappa shape index (κ2) is 5.56. The predicted octanol–water partition coefficient (Wildman–Crippen LogP) is 4.03. The SMILES string of the molecule is O=C(Cc1ccc(Br)cc1)c1ccc(Br)cn1. The minimum Gasteiger partial charge on any atom is -0.292 e. The van der Waals surface area contributed by atoms with Gasteiger partial charge in [0.15, 0.2) is 5.78 Å². The Bertz CT molecular complexity index is 520.